The van der Waals surface area contributed by atoms with Crippen molar-refractivity contribution >= 4 is 40.4 Å². The molecule has 3 aromatic rings. The van der Waals surface area contributed by atoms with E-state index >= 15 is 0 Å². The first-order chi connectivity index (χ1) is 18.5. The molecular weight excluding hydrogens is 510 g/mol. The van der Waals surface area contributed by atoms with Crippen LogP contribution in [0.5, 0.6) is 0 Å². The molecule has 0 saturated heterocycles. The van der Waals surface area contributed by atoms with E-state index in [9.17, 15) is 4.39 Å². The molecule has 38 heavy (non-hydrogen) atoms. The lowest BCUT2D eigenvalue weighted by Gasteiger charge is -2.24. The van der Waals surface area contributed by atoms with Crippen LogP contribution < -0.4 is 4.90 Å². The fourth-order valence-electron chi connectivity index (χ4n) is 4.45. The number of aromatic nitrogens is 2. The molecule has 1 aliphatic rings. The maximum atomic E-state index is 14.1. The van der Waals surface area contributed by atoms with Crippen LogP contribution >= 0.6 is 23.1 Å². The Morgan fingerprint density at radius 1 is 1.16 bits per heavy atom. The molecule has 0 spiro atoms. The third-order valence-corrected chi connectivity index (χ3v) is 9.19. The molecule has 0 radical (unpaired) electrons. The number of unbranched alkanes of at least 4 members (excludes halogenated alkanes) is 3. The molecule has 0 N–H and O–H groups in total. The highest BCUT2D eigenvalue weighted by molar-refractivity contribution is 7.99. The van der Waals surface area contributed by atoms with Crippen molar-refractivity contribution in [2.75, 3.05) is 10.8 Å². The monoisotopic (exact) mass is 545 g/mol. The van der Waals surface area contributed by atoms with Crippen LogP contribution in [0.2, 0.25) is 0 Å². The van der Waals surface area contributed by atoms with Crippen LogP contribution in [0.25, 0.3) is 23.0 Å². The van der Waals surface area contributed by atoms with Gasteiger partial charge in [0.1, 0.15) is 6.67 Å². The molecule has 3 nitrogen and oxygen atoms in total. The van der Waals surface area contributed by atoms with Gasteiger partial charge in [0.2, 0.25) is 0 Å². The Balaban J connectivity index is 1.56. The minimum absolute atomic E-state index is 0.446. The molecule has 0 aliphatic carbocycles. The summed E-state index contributed by atoms with van der Waals surface area (Å²) >= 11 is 3.27. The van der Waals surface area contributed by atoms with Gasteiger partial charge in [-0.2, -0.15) is 0 Å². The van der Waals surface area contributed by atoms with Crippen molar-refractivity contribution in [1.82, 2.24) is 9.97 Å². The molecular formula is C32H36FN3S2. The molecule has 4 heterocycles. The number of fused-ring (bicyclic) bond motifs is 1. The van der Waals surface area contributed by atoms with Crippen molar-refractivity contribution in [3.63, 3.8) is 0 Å². The zero-order valence-electron chi connectivity index (χ0n) is 22.5. The number of thioether (sulfide) groups is 1. The number of thiophene rings is 1. The van der Waals surface area contributed by atoms with E-state index in [0.717, 1.165) is 44.4 Å². The number of allylic oxidation sites excluding steroid dienone is 5. The quantitative estimate of drug-likeness (QED) is 0.177. The maximum Gasteiger partial charge on any atom is 0.125 e. The zero-order valence-corrected chi connectivity index (χ0v) is 24.2. The highest BCUT2D eigenvalue weighted by Gasteiger charge is 2.19. The second-order valence-electron chi connectivity index (χ2n) is 9.55. The predicted molar refractivity (Wildman–Crippen MR) is 164 cm³/mol. The number of anilines is 1. The molecule has 0 unspecified atom stereocenters. The molecule has 0 fully saturated rings. The summed E-state index contributed by atoms with van der Waals surface area (Å²) in [6, 6.07) is 7.87. The summed E-state index contributed by atoms with van der Waals surface area (Å²) < 4.78 is 14.1. The van der Waals surface area contributed by atoms with E-state index in [4.69, 9.17) is 4.98 Å². The van der Waals surface area contributed by atoms with Crippen LogP contribution in [0, 0.1) is 6.92 Å². The fourth-order valence-corrected chi connectivity index (χ4v) is 6.93. The number of nitrogens with zero attached hydrogens (tertiary/aromatic N) is 3. The average Bonchev–Trinajstić information content (AvgIpc) is 3.23. The van der Waals surface area contributed by atoms with Gasteiger partial charge in [-0.15, -0.1) is 23.1 Å². The largest absolute Gasteiger partial charge is 0.336 e. The first kappa shape index (κ1) is 28.1. The lowest BCUT2D eigenvalue weighted by Crippen LogP contribution is -2.17. The summed E-state index contributed by atoms with van der Waals surface area (Å²) in [5.74, 6) is 0.638. The maximum absolute atomic E-state index is 14.1. The summed E-state index contributed by atoms with van der Waals surface area (Å²) in [5.41, 5.74) is 7.08. The molecule has 4 rings (SSSR count). The Hall–Kier alpha value is -2.96. The van der Waals surface area contributed by atoms with Crippen molar-refractivity contribution in [3.8, 4) is 11.4 Å². The number of hydrogen-bond acceptors (Lipinski definition) is 5. The van der Waals surface area contributed by atoms with Gasteiger partial charge >= 0.3 is 0 Å². The second-order valence-corrected chi connectivity index (χ2v) is 11.6. The van der Waals surface area contributed by atoms with Gasteiger partial charge in [-0.25, -0.2) is 4.39 Å². The van der Waals surface area contributed by atoms with E-state index in [1.807, 2.05) is 42.6 Å². The molecule has 6 heteroatoms. The van der Waals surface area contributed by atoms with Crippen LogP contribution in [0.15, 0.2) is 78.1 Å². The topological polar surface area (TPSA) is 29.0 Å². The van der Waals surface area contributed by atoms with Crippen molar-refractivity contribution in [3.05, 3.63) is 94.1 Å². The van der Waals surface area contributed by atoms with E-state index in [2.05, 4.69) is 55.6 Å². The third kappa shape index (κ3) is 6.91. The summed E-state index contributed by atoms with van der Waals surface area (Å²) in [6.07, 6.45) is 20.1. The number of pyridine rings is 2. The minimum Gasteiger partial charge on any atom is -0.336 e. The van der Waals surface area contributed by atoms with Crippen molar-refractivity contribution < 1.29 is 4.39 Å². The van der Waals surface area contributed by atoms with E-state index in [1.54, 1.807) is 29.3 Å². The Labute approximate surface area is 234 Å². The van der Waals surface area contributed by atoms with Gasteiger partial charge in [-0.3, -0.25) is 9.97 Å². The third-order valence-electron chi connectivity index (χ3n) is 6.61. The smallest absolute Gasteiger partial charge is 0.125 e. The first-order valence-corrected chi connectivity index (χ1v) is 15.0. The highest BCUT2D eigenvalue weighted by atomic mass is 32.2. The van der Waals surface area contributed by atoms with Gasteiger partial charge in [-0.05, 0) is 68.2 Å². The molecule has 3 aromatic heterocycles. The lowest BCUT2D eigenvalue weighted by atomic mass is 10.0. The summed E-state index contributed by atoms with van der Waals surface area (Å²) in [6.45, 7) is 10.4. The van der Waals surface area contributed by atoms with Gasteiger partial charge in [0.25, 0.3) is 0 Å². The summed E-state index contributed by atoms with van der Waals surface area (Å²) in [4.78, 5) is 14.4. The molecule has 0 amide bonds. The SMILES string of the molecule is C=C1/C=C\C=C/N(CSc2c(CF)sc(/C=C(\C)CCCCCC)c2C)c2cnc(-c3ccccn3)cc21. The zero-order chi connectivity index (χ0) is 26.9. The van der Waals surface area contributed by atoms with Gasteiger partial charge in [0.05, 0.1) is 34.0 Å². The van der Waals surface area contributed by atoms with Crippen LogP contribution in [0.1, 0.15) is 66.8 Å². The van der Waals surface area contributed by atoms with Crippen LogP contribution in [0.3, 0.4) is 0 Å². The Kier molecular flexibility index (Phi) is 10.1. The standard InChI is InChI=1S/C32H36FN3S2/c1-5-6-7-8-13-23(2)18-30-25(4)32(31(20-33)38-30)37-22-36-17-12-10-14-24(3)26-19-28(35-21-29(26)36)27-15-9-11-16-34-27/h9-12,14-19,21H,3,5-8,13,20,22H2,1-2,4H3/b14-10-,17-12-,23-18+. The highest BCUT2D eigenvalue weighted by Crippen LogP contribution is 2.40. The lowest BCUT2D eigenvalue weighted by molar-refractivity contribution is 0.486. The van der Waals surface area contributed by atoms with E-state index in [1.165, 1.54) is 41.7 Å². The number of rotatable bonds is 11. The second kappa shape index (κ2) is 13.7. The summed E-state index contributed by atoms with van der Waals surface area (Å²) in [5, 5.41) is 0. The van der Waals surface area contributed by atoms with Gasteiger partial charge in [-0.1, -0.05) is 56.6 Å². The van der Waals surface area contributed by atoms with Gasteiger partial charge in [0.15, 0.2) is 0 Å². The fraction of sp³-hybridized carbons (Fsp3) is 0.312. The molecule has 0 saturated carbocycles. The average molecular weight is 546 g/mol. The summed E-state index contributed by atoms with van der Waals surface area (Å²) in [7, 11) is 0. The van der Waals surface area contributed by atoms with Gasteiger partial charge < -0.3 is 4.90 Å². The first-order valence-electron chi connectivity index (χ1n) is 13.2. The molecule has 0 atom stereocenters. The predicted octanol–water partition coefficient (Wildman–Crippen LogP) is 10.0. The molecule has 198 valence electrons. The van der Waals surface area contributed by atoms with Crippen LogP contribution in [-0.4, -0.2) is 15.8 Å². The van der Waals surface area contributed by atoms with E-state index in [0.29, 0.717) is 5.88 Å². The van der Waals surface area contributed by atoms with Gasteiger partial charge in [0, 0.05) is 27.7 Å². The molecule has 0 aromatic carbocycles. The number of alkyl halides is 1. The van der Waals surface area contributed by atoms with Crippen molar-refractivity contribution in [1.29, 1.82) is 0 Å². The van der Waals surface area contributed by atoms with Crippen LogP contribution in [0.4, 0.5) is 10.1 Å². The normalized spacial score (nSPS) is 15.2. The Bertz CT molecular complexity index is 1340. The minimum atomic E-state index is -0.446. The molecule has 0 bridgehead atoms. The van der Waals surface area contributed by atoms with Crippen LogP contribution in [-0.2, 0) is 6.67 Å². The Morgan fingerprint density at radius 3 is 2.79 bits per heavy atom. The Morgan fingerprint density at radius 2 is 2.03 bits per heavy atom. The van der Waals surface area contributed by atoms with Crippen molar-refractivity contribution in [2.45, 2.75) is 64.4 Å². The number of hydrogen-bond donors (Lipinski definition) is 0. The van der Waals surface area contributed by atoms with E-state index in [-0.39, 0.29) is 0 Å². The molecule has 1 aliphatic heterocycles. The van der Waals surface area contributed by atoms with Crippen molar-refractivity contribution in [2.24, 2.45) is 0 Å². The van der Waals surface area contributed by atoms with E-state index < -0.39 is 6.67 Å². The number of halogens is 1.